The third-order valence-corrected chi connectivity index (χ3v) is 4.92. The zero-order chi connectivity index (χ0) is 11.7. The van der Waals surface area contributed by atoms with Gasteiger partial charge in [-0.15, -0.1) is 0 Å². The third-order valence-electron chi connectivity index (χ3n) is 2.91. The van der Waals surface area contributed by atoms with Crippen LogP contribution in [0.25, 0.3) is 0 Å². The number of halogens is 1. The molecule has 0 heterocycles. The van der Waals surface area contributed by atoms with Crippen molar-refractivity contribution < 1.29 is 4.43 Å². The molecule has 90 valence electrons. The number of unbranched alkanes of at least 4 members (excludes halogenated alkanes) is 3. The highest BCUT2D eigenvalue weighted by atomic mass is 79.9. The summed E-state index contributed by atoms with van der Waals surface area (Å²) in [5.41, 5.74) is 0. The average Bonchev–Trinajstić information content (AvgIpc) is 2.16. The molecule has 15 heavy (non-hydrogen) atoms. The molecule has 0 rings (SSSR count). The topological polar surface area (TPSA) is 9.23 Å². The number of hydrogen-bond acceptors (Lipinski definition) is 1. The molecule has 0 aromatic rings. The molecular weight excluding hydrogens is 268 g/mol. The molecule has 0 fully saturated rings. The molecule has 0 aliphatic rings. The number of hydrogen-bond donors (Lipinski definition) is 0. The molecule has 2 radical (unpaired) electrons. The minimum atomic E-state index is 0.343. The van der Waals surface area contributed by atoms with Gasteiger partial charge in [0, 0.05) is 11.9 Å². The lowest BCUT2D eigenvalue weighted by Gasteiger charge is -2.27. The van der Waals surface area contributed by atoms with Crippen LogP contribution in [0.3, 0.4) is 0 Å². The summed E-state index contributed by atoms with van der Waals surface area (Å²) in [5, 5.41) is 1.48. The van der Waals surface area contributed by atoms with Gasteiger partial charge >= 0.3 is 0 Å². The van der Waals surface area contributed by atoms with Crippen LogP contribution in [0.5, 0.6) is 0 Å². The van der Waals surface area contributed by atoms with Crippen molar-refractivity contribution >= 4 is 25.7 Å². The molecule has 0 N–H and O–H groups in total. The fraction of sp³-hybridized carbons (Fsp3) is 1.00. The molecular formula is C12H25BrOSi. The molecule has 0 aliphatic carbocycles. The molecule has 0 saturated carbocycles. The Hall–Kier alpha value is 0.657. The Kier molecular flexibility index (Phi) is 9.15. The van der Waals surface area contributed by atoms with Gasteiger partial charge in [0.25, 0.3) is 0 Å². The predicted molar refractivity (Wildman–Crippen MR) is 72.8 cm³/mol. The summed E-state index contributed by atoms with van der Waals surface area (Å²) in [6, 6.07) is 0. The maximum absolute atomic E-state index is 5.76. The minimum absolute atomic E-state index is 0.343. The number of rotatable bonds is 9. The van der Waals surface area contributed by atoms with Crippen LogP contribution in [-0.4, -0.2) is 21.7 Å². The van der Waals surface area contributed by atoms with Crippen molar-refractivity contribution in [1.29, 1.82) is 0 Å². The van der Waals surface area contributed by atoms with Crippen molar-refractivity contribution in [1.82, 2.24) is 0 Å². The monoisotopic (exact) mass is 292 g/mol. The quantitative estimate of drug-likeness (QED) is 0.347. The standard InChI is InChI=1S/C12H25BrOSi/c1-11(2)12(3,4)15-14-10-8-6-5-7-9-13/h11H,5-10H2,1-4H3. The Morgan fingerprint density at radius 3 is 2.27 bits per heavy atom. The van der Waals surface area contributed by atoms with Crippen LogP contribution < -0.4 is 0 Å². The fourth-order valence-corrected chi connectivity index (χ4v) is 2.23. The minimum Gasteiger partial charge on any atom is -0.417 e. The van der Waals surface area contributed by atoms with Crippen molar-refractivity contribution in [3.05, 3.63) is 0 Å². The predicted octanol–water partition coefficient (Wildman–Crippen LogP) is 4.43. The summed E-state index contributed by atoms with van der Waals surface area (Å²) in [6.07, 6.45) is 5.14. The van der Waals surface area contributed by atoms with E-state index in [1.54, 1.807) is 0 Å². The van der Waals surface area contributed by atoms with E-state index in [1.807, 2.05) is 0 Å². The van der Waals surface area contributed by atoms with E-state index < -0.39 is 0 Å². The Labute approximate surface area is 106 Å². The first-order valence-electron chi connectivity index (χ1n) is 5.95. The Morgan fingerprint density at radius 2 is 1.73 bits per heavy atom. The summed E-state index contributed by atoms with van der Waals surface area (Å²) in [4.78, 5) is 0. The highest BCUT2D eigenvalue weighted by molar-refractivity contribution is 9.09. The fourth-order valence-electron chi connectivity index (χ4n) is 0.977. The van der Waals surface area contributed by atoms with Crippen molar-refractivity contribution in [3.8, 4) is 0 Å². The van der Waals surface area contributed by atoms with Crippen molar-refractivity contribution in [3.63, 3.8) is 0 Å². The van der Waals surface area contributed by atoms with Crippen molar-refractivity contribution in [2.24, 2.45) is 5.92 Å². The maximum Gasteiger partial charge on any atom is 0.236 e. The Balaban J connectivity index is 3.31. The summed E-state index contributed by atoms with van der Waals surface area (Å²) < 4.78 is 5.76. The molecule has 1 nitrogen and oxygen atoms in total. The Bertz CT molecular complexity index is 149. The zero-order valence-corrected chi connectivity index (χ0v) is 13.2. The van der Waals surface area contributed by atoms with E-state index in [2.05, 4.69) is 43.6 Å². The van der Waals surface area contributed by atoms with Gasteiger partial charge in [-0.05, 0) is 23.8 Å². The maximum atomic E-state index is 5.76. The highest BCUT2D eigenvalue weighted by Crippen LogP contribution is 2.32. The molecule has 3 heteroatoms. The van der Waals surface area contributed by atoms with Gasteiger partial charge in [-0.25, -0.2) is 0 Å². The van der Waals surface area contributed by atoms with E-state index >= 15 is 0 Å². The van der Waals surface area contributed by atoms with E-state index in [1.165, 1.54) is 25.7 Å². The highest BCUT2D eigenvalue weighted by Gasteiger charge is 2.24. The molecule has 0 unspecified atom stereocenters. The van der Waals surface area contributed by atoms with E-state index in [0.29, 0.717) is 20.7 Å². The van der Waals surface area contributed by atoms with Crippen LogP contribution >= 0.6 is 15.9 Å². The Morgan fingerprint density at radius 1 is 1.13 bits per heavy atom. The second-order valence-corrected chi connectivity index (χ2v) is 7.50. The molecule has 0 spiro atoms. The SMILES string of the molecule is CC(C)C(C)(C)[Si]OCCCCCCBr. The van der Waals surface area contributed by atoms with Gasteiger partial charge < -0.3 is 4.43 Å². The van der Waals surface area contributed by atoms with E-state index in [-0.39, 0.29) is 0 Å². The van der Waals surface area contributed by atoms with Crippen molar-refractivity contribution in [2.75, 3.05) is 11.9 Å². The van der Waals surface area contributed by atoms with E-state index in [4.69, 9.17) is 4.43 Å². The molecule has 0 saturated heterocycles. The van der Waals surface area contributed by atoms with Crippen LogP contribution in [0.2, 0.25) is 5.04 Å². The number of alkyl halides is 1. The lowest BCUT2D eigenvalue weighted by Crippen LogP contribution is -2.22. The average molecular weight is 293 g/mol. The lowest BCUT2D eigenvalue weighted by atomic mass is 9.99. The van der Waals surface area contributed by atoms with Crippen LogP contribution in [-0.2, 0) is 4.43 Å². The molecule has 0 aromatic carbocycles. The lowest BCUT2D eigenvalue weighted by molar-refractivity contribution is 0.291. The van der Waals surface area contributed by atoms with Gasteiger partial charge in [0.15, 0.2) is 0 Å². The second kappa shape index (κ2) is 8.77. The van der Waals surface area contributed by atoms with Gasteiger partial charge in [-0.1, -0.05) is 56.5 Å². The van der Waals surface area contributed by atoms with Crippen LogP contribution in [0.1, 0.15) is 53.4 Å². The van der Waals surface area contributed by atoms with Gasteiger partial charge in [-0.3, -0.25) is 0 Å². The van der Waals surface area contributed by atoms with E-state index in [9.17, 15) is 0 Å². The van der Waals surface area contributed by atoms with Crippen LogP contribution in [0.4, 0.5) is 0 Å². The third kappa shape index (κ3) is 8.46. The molecule has 0 bridgehead atoms. The molecule has 0 aliphatic heterocycles. The zero-order valence-electron chi connectivity index (χ0n) is 10.6. The molecule has 0 aromatic heterocycles. The normalized spacial score (nSPS) is 12.4. The van der Waals surface area contributed by atoms with Crippen LogP contribution in [0, 0.1) is 5.92 Å². The van der Waals surface area contributed by atoms with Gasteiger partial charge in [0.1, 0.15) is 0 Å². The summed E-state index contributed by atoms with van der Waals surface area (Å²) in [6.45, 7) is 10.1. The van der Waals surface area contributed by atoms with E-state index in [0.717, 1.165) is 11.9 Å². The van der Waals surface area contributed by atoms with Gasteiger partial charge in [-0.2, -0.15) is 0 Å². The van der Waals surface area contributed by atoms with Crippen molar-refractivity contribution in [2.45, 2.75) is 58.4 Å². The first kappa shape index (κ1) is 15.7. The molecule has 0 atom stereocenters. The van der Waals surface area contributed by atoms with Gasteiger partial charge in [0.2, 0.25) is 9.76 Å². The second-order valence-electron chi connectivity index (χ2n) is 4.93. The largest absolute Gasteiger partial charge is 0.417 e. The summed E-state index contributed by atoms with van der Waals surface area (Å²) in [5.74, 6) is 0.698. The summed E-state index contributed by atoms with van der Waals surface area (Å²) in [7, 11) is 0.642. The van der Waals surface area contributed by atoms with Gasteiger partial charge in [0.05, 0.1) is 0 Å². The van der Waals surface area contributed by atoms with Crippen LogP contribution in [0.15, 0.2) is 0 Å². The molecule has 0 amide bonds. The first-order chi connectivity index (χ1) is 7.00. The smallest absolute Gasteiger partial charge is 0.236 e. The summed E-state index contributed by atoms with van der Waals surface area (Å²) >= 11 is 3.44. The first-order valence-corrected chi connectivity index (χ1v) is 7.98.